The first-order valence-electron chi connectivity index (χ1n) is 10.9. The molecule has 2 aromatic rings. The van der Waals surface area contributed by atoms with E-state index in [2.05, 4.69) is 11.9 Å². The van der Waals surface area contributed by atoms with Gasteiger partial charge in [-0.2, -0.15) is 0 Å². The molecule has 0 bridgehead atoms. The van der Waals surface area contributed by atoms with Gasteiger partial charge in [0.2, 0.25) is 0 Å². The van der Waals surface area contributed by atoms with E-state index in [1.165, 1.54) is 57.8 Å². The Balaban J connectivity index is 1.78. The fourth-order valence-electron chi connectivity index (χ4n) is 3.55. The molecule has 0 radical (unpaired) electrons. The van der Waals surface area contributed by atoms with Crippen molar-refractivity contribution in [2.75, 3.05) is 12.5 Å². The van der Waals surface area contributed by atoms with Gasteiger partial charge in [0.1, 0.15) is 0 Å². The summed E-state index contributed by atoms with van der Waals surface area (Å²) in [7, 11) is 0. The van der Waals surface area contributed by atoms with Crippen molar-refractivity contribution in [2.45, 2.75) is 84.5 Å². The van der Waals surface area contributed by atoms with Crippen molar-refractivity contribution in [3.63, 3.8) is 0 Å². The maximum absolute atomic E-state index is 12.7. The van der Waals surface area contributed by atoms with Crippen molar-refractivity contribution < 1.29 is 4.74 Å². The third-order valence-corrected chi connectivity index (χ3v) is 5.41. The molecular weight excluding hydrogens is 372 g/mol. The summed E-state index contributed by atoms with van der Waals surface area (Å²) in [5, 5.41) is 0. The SMILES string of the molecule is CCCCCCCCCCCCOc1cccn2c(=O)c(CCCl)c(C)nc12. The zero-order chi connectivity index (χ0) is 20.2. The van der Waals surface area contributed by atoms with E-state index in [1.54, 1.807) is 10.6 Å². The van der Waals surface area contributed by atoms with Gasteiger partial charge in [-0.1, -0.05) is 64.7 Å². The summed E-state index contributed by atoms with van der Waals surface area (Å²) in [6.45, 7) is 4.78. The van der Waals surface area contributed by atoms with Crippen LogP contribution in [0, 0.1) is 6.92 Å². The molecule has 0 atom stereocenters. The highest BCUT2D eigenvalue weighted by Gasteiger charge is 2.12. The molecule has 4 nitrogen and oxygen atoms in total. The molecule has 0 unspecified atom stereocenters. The Kier molecular flexibility index (Phi) is 10.4. The molecule has 2 heterocycles. The van der Waals surface area contributed by atoms with Crippen LogP contribution in [0.1, 0.15) is 82.4 Å². The average Bonchev–Trinajstić information content (AvgIpc) is 2.69. The van der Waals surface area contributed by atoms with Gasteiger partial charge in [0, 0.05) is 23.3 Å². The molecule has 2 rings (SSSR count). The predicted molar refractivity (Wildman–Crippen MR) is 118 cm³/mol. The summed E-state index contributed by atoms with van der Waals surface area (Å²) in [4.78, 5) is 17.3. The summed E-state index contributed by atoms with van der Waals surface area (Å²) >= 11 is 5.82. The zero-order valence-corrected chi connectivity index (χ0v) is 18.3. The molecular formula is C23H35ClN2O2. The third kappa shape index (κ3) is 6.80. The molecule has 0 aromatic carbocycles. The van der Waals surface area contributed by atoms with Gasteiger partial charge in [-0.15, -0.1) is 11.6 Å². The van der Waals surface area contributed by atoms with E-state index < -0.39 is 0 Å². The lowest BCUT2D eigenvalue weighted by atomic mass is 10.1. The van der Waals surface area contributed by atoms with Gasteiger partial charge in [0.25, 0.3) is 5.56 Å². The van der Waals surface area contributed by atoms with Gasteiger partial charge in [-0.05, 0) is 31.9 Å². The van der Waals surface area contributed by atoms with Crippen molar-refractivity contribution >= 4 is 17.2 Å². The maximum Gasteiger partial charge on any atom is 0.261 e. The second-order valence-electron chi connectivity index (χ2n) is 7.52. The Morgan fingerprint density at radius 2 is 1.68 bits per heavy atom. The Bertz CT molecular complexity index is 773. The van der Waals surface area contributed by atoms with Crippen LogP contribution < -0.4 is 10.3 Å². The maximum atomic E-state index is 12.7. The topological polar surface area (TPSA) is 43.6 Å². The molecule has 0 spiro atoms. The summed E-state index contributed by atoms with van der Waals surface area (Å²) < 4.78 is 7.53. The minimum absolute atomic E-state index is 0.0486. The van der Waals surface area contributed by atoms with E-state index in [1.807, 2.05) is 19.1 Å². The van der Waals surface area contributed by atoms with Crippen LogP contribution in [0.2, 0.25) is 0 Å². The molecule has 2 aromatic heterocycles. The minimum Gasteiger partial charge on any atom is -0.490 e. The summed E-state index contributed by atoms with van der Waals surface area (Å²) in [6, 6.07) is 3.72. The van der Waals surface area contributed by atoms with Gasteiger partial charge >= 0.3 is 0 Å². The molecule has 0 fully saturated rings. The smallest absolute Gasteiger partial charge is 0.261 e. The van der Waals surface area contributed by atoms with Crippen molar-refractivity contribution in [3.8, 4) is 5.75 Å². The molecule has 28 heavy (non-hydrogen) atoms. The number of fused-ring (bicyclic) bond motifs is 1. The number of aromatic nitrogens is 2. The summed E-state index contributed by atoms with van der Waals surface area (Å²) in [5.41, 5.74) is 1.96. The number of ether oxygens (including phenoxy) is 1. The Morgan fingerprint density at radius 3 is 2.32 bits per heavy atom. The van der Waals surface area contributed by atoms with E-state index in [-0.39, 0.29) is 5.56 Å². The van der Waals surface area contributed by atoms with Crippen LogP contribution >= 0.6 is 11.6 Å². The van der Waals surface area contributed by atoms with Crippen LogP contribution in [0.15, 0.2) is 23.1 Å². The first-order valence-corrected chi connectivity index (χ1v) is 11.4. The van der Waals surface area contributed by atoms with Crippen LogP contribution in [0.25, 0.3) is 5.65 Å². The van der Waals surface area contributed by atoms with Crippen LogP contribution in [0.5, 0.6) is 5.75 Å². The number of unbranched alkanes of at least 4 members (excludes halogenated alkanes) is 9. The van der Waals surface area contributed by atoms with Crippen molar-refractivity contribution in [3.05, 3.63) is 39.9 Å². The number of nitrogens with zero attached hydrogens (tertiary/aromatic N) is 2. The zero-order valence-electron chi connectivity index (χ0n) is 17.5. The Hall–Kier alpha value is -1.55. The van der Waals surface area contributed by atoms with Gasteiger partial charge in [-0.3, -0.25) is 9.20 Å². The van der Waals surface area contributed by atoms with E-state index >= 15 is 0 Å². The minimum atomic E-state index is -0.0486. The Labute approximate surface area is 174 Å². The second-order valence-corrected chi connectivity index (χ2v) is 7.89. The van der Waals surface area contributed by atoms with Crippen LogP contribution in [-0.2, 0) is 6.42 Å². The fraction of sp³-hybridized carbons (Fsp3) is 0.652. The van der Waals surface area contributed by atoms with Crippen molar-refractivity contribution in [2.24, 2.45) is 0 Å². The number of aryl methyl sites for hydroxylation is 1. The molecule has 156 valence electrons. The molecule has 0 aliphatic rings. The average molecular weight is 407 g/mol. The largest absolute Gasteiger partial charge is 0.490 e. The number of hydrogen-bond acceptors (Lipinski definition) is 3. The quantitative estimate of drug-likeness (QED) is 0.282. The molecule has 0 N–H and O–H groups in total. The van der Waals surface area contributed by atoms with Crippen molar-refractivity contribution in [1.82, 2.24) is 9.38 Å². The molecule has 0 saturated heterocycles. The van der Waals surface area contributed by atoms with Gasteiger partial charge < -0.3 is 4.74 Å². The molecule has 5 heteroatoms. The van der Waals surface area contributed by atoms with E-state index in [0.29, 0.717) is 35.9 Å². The van der Waals surface area contributed by atoms with Gasteiger partial charge in [0.15, 0.2) is 11.4 Å². The molecule has 0 saturated carbocycles. The van der Waals surface area contributed by atoms with Crippen molar-refractivity contribution in [1.29, 1.82) is 0 Å². The molecule has 0 aliphatic carbocycles. The van der Waals surface area contributed by atoms with E-state index in [0.717, 1.165) is 12.1 Å². The first kappa shape index (κ1) is 22.7. The number of halogens is 1. The number of rotatable bonds is 14. The first-order chi connectivity index (χ1) is 13.7. The highest BCUT2D eigenvalue weighted by Crippen LogP contribution is 2.18. The Morgan fingerprint density at radius 1 is 1.04 bits per heavy atom. The normalized spacial score (nSPS) is 11.2. The number of alkyl halides is 1. The summed E-state index contributed by atoms with van der Waals surface area (Å²) in [6.07, 6.45) is 15.3. The lowest BCUT2D eigenvalue weighted by Gasteiger charge is -2.12. The molecule has 0 aliphatic heterocycles. The fourth-order valence-corrected chi connectivity index (χ4v) is 3.74. The van der Waals surface area contributed by atoms with Crippen LogP contribution in [-0.4, -0.2) is 21.9 Å². The lowest BCUT2D eigenvalue weighted by molar-refractivity contribution is 0.305. The number of hydrogen-bond donors (Lipinski definition) is 0. The number of pyridine rings is 1. The highest BCUT2D eigenvalue weighted by molar-refractivity contribution is 6.18. The second kappa shape index (κ2) is 12.8. The monoisotopic (exact) mass is 406 g/mol. The van der Waals surface area contributed by atoms with E-state index in [9.17, 15) is 4.79 Å². The van der Waals surface area contributed by atoms with Crippen LogP contribution in [0.3, 0.4) is 0 Å². The van der Waals surface area contributed by atoms with Gasteiger partial charge in [-0.25, -0.2) is 4.98 Å². The standard InChI is InChI=1S/C23H35ClN2O2/c1-3-4-5-6-7-8-9-10-11-12-18-28-21-14-13-17-26-22(21)25-19(2)20(15-16-24)23(26)27/h13-14,17H,3-12,15-16,18H2,1-2H3. The summed E-state index contributed by atoms with van der Waals surface area (Å²) in [5.74, 6) is 1.09. The highest BCUT2D eigenvalue weighted by atomic mass is 35.5. The van der Waals surface area contributed by atoms with E-state index in [4.69, 9.17) is 16.3 Å². The lowest BCUT2D eigenvalue weighted by Crippen LogP contribution is -2.22. The van der Waals surface area contributed by atoms with Crippen LogP contribution in [0.4, 0.5) is 0 Å². The third-order valence-electron chi connectivity index (χ3n) is 5.22. The predicted octanol–water partition coefficient (Wildman–Crippen LogP) is 6.08. The van der Waals surface area contributed by atoms with Gasteiger partial charge in [0.05, 0.1) is 6.61 Å². The molecule has 0 amide bonds.